The molecule has 1 saturated carbocycles. The van der Waals surface area contributed by atoms with Gasteiger partial charge in [0.2, 0.25) is 5.88 Å². The fourth-order valence-electron chi connectivity index (χ4n) is 1.99. The third-order valence-corrected chi connectivity index (χ3v) is 3.55. The van der Waals surface area contributed by atoms with Crippen LogP contribution in [0.3, 0.4) is 0 Å². The van der Waals surface area contributed by atoms with E-state index in [0.29, 0.717) is 0 Å². The molecule has 0 saturated heterocycles. The van der Waals surface area contributed by atoms with Gasteiger partial charge < -0.3 is 10.1 Å². The van der Waals surface area contributed by atoms with Gasteiger partial charge in [0.25, 0.3) is 0 Å². The Morgan fingerprint density at radius 3 is 2.65 bits per heavy atom. The van der Waals surface area contributed by atoms with Gasteiger partial charge >= 0.3 is 0 Å². The number of hydrogen-bond acceptors (Lipinski definition) is 3. The van der Waals surface area contributed by atoms with E-state index in [1.807, 2.05) is 0 Å². The highest BCUT2D eigenvalue weighted by atomic mass is 16.5. The van der Waals surface area contributed by atoms with Crippen molar-refractivity contribution in [1.82, 2.24) is 10.3 Å². The Morgan fingerprint density at radius 2 is 2.05 bits per heavy atom. The van der Waals surface area contributed by atoms with Crippen molar-refractivity contribution in [2.24, 2.45) is 0 Å². The van der Waals surface area contributed by atoms with Gasteiger partial charge in [-0.3, -0.25) is 0 Å². The van der Waals surface area contributed by atoms with Crippen molar-refractivity contribution in [3.8, 4) is 5.88 Å². The Bertz CT molecular complexity index is 433. The summed E-state index contributed by atoms with van der Waals surface area (Å²) in [5.41, 5.74) is 2.45. The molecule has 0 unspecified atom stereocenters. The summed E-state index contributed by atoms with van der Waals surface area (Å²) in [6.07, 6.45) is 4.86. The van der Waals surface area contributed by atoms with Crippen LogP contribution in [0.5, 0.6) is 5.88 Å². The molecule has 0 aromatic carbocycles. The van der Waals surface area contributed by atoms with Crippen molar-refractivity contribution in [3.05, 3.63) is 23.4 Å². The number of pyridine rings is 1. The fourth-order valence-corrected chi connectivity index (χ4v) is 1.99. The van der Waals surface area contributed by atoms with Crippen LogP contribution >= 0.6 is 0 Å². The maximum atomic E-state index is 5.81. The van der Waals surface area contributed by atoms with Gasteiger partial charge in [0.05, 0.1) is 12.3 Å². The molecule has 1 N–H and O–H groups in total. The fraction of sp³-hybridized carbons (Fsp3) is 0.706. The van der Waals surface area contributed by atoms with Crippen LogP contribution in [0.1, 0.15) is 64.6 Å². The molecule has 0 bridgehead atoms. The summed E-state index contributed by atoms with van der Waals surface area (Å²) >= 11 is 0. The summed E-state index contributed by atoms with van der Waals surface area (Å²) in [5, 5.41) is 3.56. The van der Waals surface area contributed by atoms with Gasteiger partial charge in [-0.2, -0.15) is 0 Å². The van der Waals surface area contributed by atoms with E-state index >= 15 is 0 Å². The van der Waals surface area contributed by atoms with Crippen LogP contribution < -0.4 is 10.1 Å². The molecule has 0 atom stereocenters. The quantitative estimate of drug-likeness (QED) is 0.769. The van der Waals surface area contributed by atoms with Crippen molar-refractivity contribution < 1.29 is 4.74 Å². The summed E-state index contributed by atoms with van der Waals surface area (Å²) in [5.74, 6) is 0.776. The average Bonchev–Trinajstić information content (AvgIpc) is 3.19. The summed E-state index contributed by atoms with van der Waals surface area (Å²) in [4.78, 5) is 4.67. The Morgan fingerprint density at radius 1 is 1.30 bits per heavy atom. The van der Waals surface area contributed by atoms with Gasteiger partial charge in [0.15, 0.2) is 0 Å². The van der Waals surface area contributed by atoms with E-state index in [0.717, 1.165) is 43.6 Å². The number of rotatable bonds is 7. The van der Waals surface area contributed by atoms with Crippen molar-refractivity contribution >= 4 is 0 Å². The van der Waals surface area contributed by atoms with Crippen LogP contribution in [0.15, 0.2) is 12.1 Å². The van der Waals surface area contributed by atoms with Crippen molar-refractivity contribution in [2.45, 2.75) is 71.4 Å². The number of nitrogens with zero attached hydrogens (tertiary/aromatic N) is 1. The lowest BCUT2D eigenvalue weighted by atomic mass is 9.91. The number of aromatic nitrogens is 1. The molecule has 1 aliphatic carbocycles. The minimum Gasteiger partial charge on any atom is -0.478 e. The molecular formula is C17H28N2O. The van der Waals surface area contributed by atoms with E-state index in [-0.39, 0.29) is 5.41 Å². The lowest BCUT2D eigenvalue weighted by Crippen LogP contribution is -2.18. The summed E-state index contributed by atoms with van der Waals surface area (Å²) in [7, 11) is 0. The molecule has 3 heteroatoms. The average molecular weight is 276 g/mol. The predicted molar refractivity (Wildman–Crippen MR) is 83.2 cm³/mol. The van der Waals surface area contributed by atoms with Crippen LogP contribution in [0.25, 0.3) is 0 Å². The Hall–Kier alpha value is -1.09. The number of unbranched alkanes of at least 4 members (excludes halogenated alkanes) is 1. The predicted octanol–water partition coefficient (Wildman–Crippen LogP) is 3.81. The van der Waals surface area contributed by atoms with Gasteiger partial charge in [0, 0.05) is 24.1 Å². The molecule has 1 aromatic heterocycles. The van der Waals surface area contributed by atoms with Crippen molar-refractivity contribution in [2.75, 3.05) is 6.61 Å². The summed E-state index contributed by atoms with van der Waals surface area (Å²) in [6, 6.07) is 5.02. The molecule has 112 valence electrons. The van der Waals surface area contributed by atoms with Crippen LogP contribution in [0, 0.1) is 0 Å². The van der Waals surface area contributed by atoms with Gasteiger partial charge in [-0.05, 0) is 30.9 Å². The maximum absolute atomic E-state index is 5.81. The maximum Gasteiger partial charge on any atom is 0.213 e. The second kappa shape index (κ2) is 6.57. The topological polar surface area (TPSA) is 34.1 Å². The normalized spacial score (nSPS) is 15.4. The molecule has 0 amide bonds. The third kappa shape index (κ3) is 4.78. The first-order valence-corrected chi connectivity index (χ1v) is 7.86. The standard InChI is InChI=1S/C17H28N2O/c1-5-6-9-20-16-11-13(12-18-14-7-8-14)10-15(19-16)17(2,3)4/h10-11,14,18H,5-9,12H2,1-4H3. The molecule has 1 fully saturated rings. The third-order valence-electron chi connectivity index (χ3n) is 3.55. The second-order valence-electron chi connectivity index (χ2n) is 6.81. The molecule has 2 rings (SSSR count). The monoisotopic (exact) mass is 276 g/mol. The number of nitrogens with one attached hydrogen (secondary N) is 1. The van der Waals surface area contributed by atoms with Gasteiger partial charge in [0.1, 0.15) is 0 Å². The first-order chi connectivity index (χ1) is 9.49. The second-order valence-corrected chi connectivity index (χ2v) is 6.81. The van der Waals surface area contributed by atoms with E-state index in [4.69, 9.17) is 4.74 Å². The van der Waals surface area contributed by atoms with E-state index in [1.54, 1.807) is 0 Å². The van der Waals surface area contributed by atoms with E-state index < -0.39 is 0 Å². The highest BCUT2D eigenvalue weighted by Gasteiger charge is 2.21. The van der Waals surface area contributed by atoms with E-state index in [2.05, 4.69) is 50.1 Å². The highest BCUT2D eigenvalue weighted by Crippen LogP contribution is 2.25. The molecule has 0 spiro atoms. The molecule has 0 aliphatic heterocycles. The summed E-state index contributed by atoms with van der Waals surface area (Å²) in [6.45, 7) is 10.4. The molecule has 1 aliphatic rings. The first kappa shape index (κ1) is 15.3. The highest BCUT2D eigenvalue weighted by molar-refractivity contribution is 5.28. The van der Waals surface area contributed by atoms with Crippen molar-refractivity contribution in [3.63, 3.8) is 0 Å². The molecule has 1 aromatic rings. The molecule has 20 heavy (non-hydrogen) atoms. The largest absolute Gasteiger partial charge is 0.478 e. The zero-order chi connectivity index (χ0) is 14.6. The minimum atomic E-state index is 0.0540. The van der Waals surface area contributed by atoms with Crippen LogP contribution in [0.4, 0.5) is 0 Å². The van der Waals surface area contributed by atoms with Crippen LogP contribution in [-0.4, -0.2) is 17.6 Å². The Kier molecular flexibility index (Phi) is 5.03. The molecule has 1 heterocycles. The first-order valence-electron chi connectivity index (χ1n) is 7.86. The number of ether oxygens (including phenoxy) is 1. The zero-order valence-corrected chi connectivity index (χ0v) is 13.3. The molecular weight excluding hydrogens is 248 g/mol. The van der Waals surface area contributed by atoms with Crippen LogP contribution in [-0.2, 0) is 12.0 Å². The number of hydrogen-bond donors (Lipinski definition) is 1. The van der Waals surface area contributed by atoms with Gasteiger partial charge in [-0.25, -0.2) is 4.98 Å². The smallest absolute Gasteiger partial charge is 0.213 e. The zero-order valence-electron chi connectivity index (χ0n) is 13.3. The van der Waals surface area contributed by atoms with Crippen molar-refractivity contribution in [1.29, 1.82) is 0 Å². The molecule has 3 nitrogen and oxygen atoms in total. The van der Waals surface area contributed by atoms with Crippen LogP contribution in [0.2, 0.25) is 0 Å². The SMILES string of the molecule is CCCCOc1cc(CNC2CC2)cc(C(C)(C)C)n1. The lowest BCUT2D eigenvalue weighted by Gasteiger charge is -2.20. The Balaban J connectivity index is 2.09. The molecule has 0 radical (unpaired) electrons. The van der Waals surface area contributed by atoms with Gasteiger partial charge in [-0.15, -0.1) is 0 Å². The minimum absolute atomic E-state index is 0.0540. The summed E-state index contributed by atoms with van der Waals surface area (Å²) < 4.78 is 5.81. The van der Waals surface area contributed by atoms with Gasteiger partial charge in [-0.1, -0.05) is 34.1 Å². The lowest BCUT2D eigenvalue weighted by molar-refractivity contribution is 0.295. The Labute approximate surface area is 123 Å². The van der Waals surface area contributed by atoms with E-state index in [9.17, 15) is 0 Å². The van der Waals surface area contributed by atoms with E-state index in [1.165, 1.54) is 18.4 Å².